The first kappa shape index (κ1) is 14.8. The van der Waals surface area contributed by atoms with Crippen LogP contribution in [-0.2, 0) is 4.74 Å². The molecule has 0 amide bonds. The number of ether oxygens (including phenoxy) is 1. The lowest BCUT2D eigenvalue weighted by Crippen LogP contribution is -2.49. The number of nitrogens with zero attached hydrogens (tertiary/aromatic N) is 3. The zero-order valence-electron chi connectivity index (χ0n) is 12.7. The van der Waals surface area contributed by atoms with Gasteiger partial charge in [-0.05, 0) is 25.0 Å². The Hall–Kier alpha value is -1.17. The van der Waals surface area contributed by atoms with E-state index in [0.717, 1.165) is 71.1 Å². The first-order chi connectivity index (χ1) is 10.4. The number of hydrogen-bond acceptors (Lipinski definition) is 5. The van der Waals surface area contributed by atoms with Gasteiger partial charge in [0.15, 0.2) is 0 Å². The first-order valence-electron chi connectivity index (χ1n) is 8.11. The molecule has 0 unspecified atom stereocenters. The van der Waals surface area contributed by atoms with Gasteiger partial charge in [-0.25, -0.2) is 4.98 Å². The van der Waals surface area contributed by atoms with Crippen molar-refractivity contribution < 1.29 is 4.74 Å². The Morgan fingerprint density at radius 3 is 2.67 bits per heavy atom. The van der Waals surface area contributed by atoms with Crippen molar-refractivity contribution in [2.75, 3.05) is 57.4 Å². The van der Waals surface area contributed by atoms with E-state index < -0.39 is 0 Å². The van der Waals surface area contributed by atoms with Crippen LogP contribution in [0.5, 0.6) is 0 Å². The van der Waals surface area contributed by atoms with Gasteiger partial charge in [0.2, 0.25) is 0 Å². The van der Waals surface area contributed by atoms with Gasteiger partial charge in [-0.1, -0.05) is 6.07 Å². The van der Waals surface area contributed by atoms with Crippen molar-refractivity contribution in [3.8, 4) is 0 Å². The maximum atomic E-state index is 5.39. The van der Waals surface area contributed by atoms with Gasteiger partial charge >= 0.3 is 0 Å². The van der Waals surface area contributed by atoms with Crippen LogP contribution in [0.1, 0.15) is 12.8 Å². The van der Waals surface area contributed by atoms with Gasteiger partial charge in [-0.15, -0.1) is 0 Å². The van der Waals surface area contributed by atoms with Crippen LogP contribution in [0.15, 0.2) is 24.4 Å². The predicted molar refractivity (Wildman–Crippen MR) is 84.7 cm³/mol. The minimum Gasteiger partial charge on any atom is -0.381 e. The van der Waals surface area contributed by atoms with Crippen LogP contribution in [-0.4, -0.2) is 68.4 Å². The highest BCUT2D eigenvalue weighted by Crippen LogP contribution is 2.12. The van der Waals surface area contributed by atoms with E-state index in [9.17, 15) is 0 Å². The predicted octanol–water partition coefficient (Wildman–Crippen LogP) is 0.972. The zero-order valence-corrected chi connectivity index (χ0v) is 12.7. The molecule has 1 N–H and O–H groups in total. The molecule has 0 aliphatic carbocycles. The van der Waals surface area contributed by atoms with Gasteiger partial charge in [-0.3, -0.25) is 4.90 Å². The fourth-order valence-electron chi connectivity index (χ4n) is 3.07. The molecule has 5 nitrogen and oxygen atoms in total. The molecule has 0 saturated carbocycles. The van der Waals surface area contributed by atoms with Gasteiger partial charge in [0.1, 0.15) is 5.82 Å². The third-order valence-electron chi connectivity index (χ3n) is 4.43. The molecular weight excluding hydrogens is 264 g/mol. The Bertz CT molecular complexity index is 400. The van der Waals surface area contributed by atoms with Gasteiger partial charge in [0, 0.05) is 64.7 Å². The summed E-state index contributed by atoms with van der Waals surface area (Å²) in [7, 11) is 0. The Morgan fingerprint density at radius 2 is 1.95 bits per heavy atom. The summed E-state index contributed by atoms with van der Waals surface area (Å²) in [5.74, 6) is 1.11. The molecule has 2 aliphatic heterocycles. The molecule has 3 heterocycles. The smallest absolute Gasteiger partial charge is 0.128 e. The third kappa shape index (κ3) is 4.40. The minimum atomic E-state index is 0.661. The maximum absolute atomic E-state index is 5.39. The second kappa shape index (κ2) is 7.73. The summed E-state index contributed by atoms with van der Waals surface area (Å²) in [4.78, 5) is 9.36. The minimum absolute atomic E-state index is 0.661. The molecule has 0 spiro atoms. The largest absolute Gasteiger partial charge is 0.381 e. The van der Waals surface area contributed by atoms with Crippen molar-refractivity contribution in [1.82, 2.24) is 15.2 Å². The van der Waals surface area contributed by atoms with Crippen LogP contribution in [0.3, 0.4) is 0 Å². The summed E-state index contributed by atoms with van der Waals surface area (Å²) in [6, 6.07) is 6.80. The third-order valence-corrected chi connectivity index (χ3v) is 4.43. The Kier molecular flexibility index (Phi) is 5.43. The number of pyridine rings is 1. The molecule has 21 heavy (non-hydrogen) atoms. The molecule has 2 aliphatic rings. The lowest BCUT2D eigenvalue weighted by Gasteiger charge is -2.35. The summed E-state index contributed by atoms with van der Waals surface area (Å²) in [5, 5.41) is 3.66. The number of hydrogen-bond donors (Lipinski definition) is 1. The molecular formula is C16H26N4O. The second-order valence-corrected chi connectivity index (χ2v) is 5.86. The number of aromatic nitrogens is 1. The molecule has 2 saturated heterocycles. The lowest BCUT2D eigenvalue weighted by atomic mass is 10.1. The molecule has 5 heteroatoms. The monoisotopic (exact) mass is 290 g/mol. The summed E-state index contributed by atoms with van der Waals surface area (Å²) < 4.78 is 5.39. The highest BCUT2D eigenvalue weighted by Gasteiger charge is 2.18. The number of anilines is 1. The van der Waals surface area contributed by atoms with E-state index in [-0.39, 0.29) is 0 Å². The van der Waals surface area contributed by atoms with Crippen LogP contribution >= 0.6 is 0 Å². The van der Waals surface area contributed by atoms with E-state index in [1.54, 1.807) is 0 Å². The molecule has 2 fully saturated rings. The van der Waals surface area contributed by atoms with Crippen LogP contribution in [0.2, 0.25) is 0 Å². The van der Waals surface area contributed by atoms with E-state index in [1.807, 2.05) is 12.3 Å². The molecule has 0 radical (unpaired) electrons. The van der Waals surface area contributed by atoms with Gasteiger partial charge in [-0.2, -0.15) is 0 Å². The molecule has 0 atom stereocenters. The van der Waals surface area contributed by atoms with E-state index in [2.05, 4.69) is 32.2 Å². The molecule has 0 aromatic carbocycles. The van der Waals surface area contributed by atoms with Crippen molar-refractivity contribution in [3.63, 3.8) is 0 Å². The van der Waals surface area contributed by atoms with E-state index >= 15 is 0 Å². The van der Waals surface area contributed by atoms with Crippen LogP contribution in [0.25, 0.3) is 0 Å². The lowest BCUT2D eigenvalue weighted by molar-refractivity contribution is 0.0771. The van der Waals surface area contributed by atoms with Gasteiger partial charge < -0.3 is 15.0 Å². The fraction of sp³-hybridized carbons (Fsp3) is 0.688. The quantitative estimate of drug-likeness (QED) is 0.875. The number of nitrogens with one attached hydrogen (secondary N) is 1. The summed E-state index contributed by atoms with van der Waals surface area (Å²) in [6.07, 6.45) is 4.19. The zero-order chi connectivity index (χ0) is 14.3. The normalized spacial score (nSPS) is 21.6. The fourth-order valence-corrected chi connectivity index (χ4v) is 3.07. The van der Waals surface area contributed by atoms with Gasteiger partial charge in [0.05, 0.1) is 0 Å². The Balaban J connectivity index is 1.34. The molecule has 3 rings (SSSR count). The van der Waals surface area contributed by atoms with Crippen LogP contribution in [0, 0.1) is 0 Å². The molecule has 0 bridgehead atoms. The van der Waals surface area contributed by atoms with Crippen molar-refractivity contribution in [2.24, 2.45) is 0 Å². The topological polar surface area (TPSA) is 40.6 Å². The van der Waals surface area contributed by atoms with E-state index in [4.69, 9.17) is 4.74 Å². The van der Waals surface area contributed by atoms with E-state index in [1.165, 1.54) is 0 Å². The highest BCUT2D eigenvalue weighted by atomic mass is 16.5. The van der Waals surface area contributed by atoms with Crippen molar-refractivity contribution >= 4 is 5.82 Å². The first-order valence-corrected chi connectivity index (χ1v) is 8.11. The summed E-state index contributed by atoms with van der Waals surface area (Å²) in [5.41, 5.74) is 0. The van der Waals surface area contributed by atoms with Gasteiger partial charge in [0.25, 0.3) is 0 Å². The average molecular weight is 290 g/mol. The molecule has 1 aromatic heterocycles. The SMILES string of the molecule is c1ccc(N2CCN(CCNC3CCOCC3)CC2)nc1. The Morgan fingerprint density at radius 1 is 1.14 bits per heavy atom. The summed E-state index contributed by atoms with van der Waals surface area (Å²) >= 11 is 0. The van der Waals surface area contributed by atoms with Crippen LogP contribution < -0.4 is 10.2 Å². The highest BCUT2D eigenvalue weighted by molar-refractivity contribution is 5.38. The summed E-state index contributed by atoms with van der Waals surface area (Å²) in [6.45, 7) is 8.49. The molecule has 116 valence electrons. The van der Waals surface area contributed by atoms with E-state index in [0.29, 0.717) is 6.04 Å². The van der Waals surface area contributed by atoms with Crippen LogP contribution in [0.4, 0.5) is 5.82 Å². The Labute approximate surface area is 127 Å². The second-order valence-electron chi connectivity index (χ2n) is 5.86. The standard InChI is InChI=1S/C16H26N4O/c1-2-6-18-16(3-1)20-11-9-19(10-12-20)8-7-17-15-4-13-21-14-5-15/h1-3,6,15,17H,4-5,7-14H2. The van der Waals surface area contributed by atoms with Crippen molar-refractivity contribution in [1.29, 1.82) is 0 Å². The maximum Gasteiger partial charge on any atom is 0.128 e. The number of piperazine rings is 1. The van der Waals surface area contributed by atoms with Crippen molar-refractivity contribution in [3.05, 3.63) is 24.4 Å². The molecule has 1 aromatic rings. The number of rotatable bonds is 5. The van der Waals surface area contributed by atoms with Crippen molar-refractivity contribution in [2.45, 2.75) is 18.9 Å². The average Bonchev–Trinajstić information content (AvgIpc) is 2.57.